The average molecular weight is 367 g/mol. The van der Waals surface area contributed by atoms with Crippen molar-refractivity contribution >= 4 is 23.2 Å². The summed E-state index contributed by atoms with van der Waals surface area (Å²) in [6.07, 6.45) is 7.79. The molecule has 0 radical (unpaired) electrons. The monoisotopic (exact) mass is 366 g/mol. The minimum absolute atomic E-state index is 0.214. The largest absolute Gasteiger partial charge is 0.456 e. The van der Waals surface area contributed by atoms with Crippen LogP contribution in [0.2, 0.25) is 5.02 Å². The number of nitrogens with one attached hydrogen (secondary N) is 1. The maximum atomic E-state index is 13.2. The van der Waals surface area contributed by atoms with Crippen molar-refractivity contribution in [2.24, 2.45) is 0 Å². The van der Waals surface area contributed by atoms with E-state index in [0.717, 1.165) is 6.20 Å². The van der Waals surface area contributed by atoms with Crippen LogP contribution in [-0.2, 0) is 0 Å². The summed E-state index contributed by atoms with van der Waals surface area (Å²) in [5, 5.41) is 3.07. The van der Waals surface area contributed by atoms with Gasteiger partial charge < -0.3 is 10.1 Å². The predicted octanol–water partition coefficient (Wildman–Crippen LogP) is 4.90. The van der Waals surface area contributed by atoms with Crippen LogP contribution in [0.15, 0.2) is 60.9 Å². The Morgan fingerprint density at radius 2 is 2.00 bits per heavy atom. The molecule has 0 saturated carbocycles. The van der Waals surface area contributed by atoms with Gasteiger partial charge in [-0.05, 0) is 30.3 Å². The maximum Gasteiger partial charge on any atom is 0.255 e. The molecular formula is C20H12ClFN2O2. The minimum Gasteiger partial charge on any atom is -0.456 e. The third kappa shape index (κ3) is 4.38. The van der Waals surface area contributed by atoms with E-state index in [9.17, 15) is 9.18 Å². The van der Waals surface area contributed by atoms with E-state index in [0.29, 0.717) is 27.6 Å². The molecule has 2 aromatic carbocycles. The Balaban J connectivity index is 1.81. The van der Waals surface area contributed by atoms with Crippen LogP contribution in [0.4, 0.5) is 10.1 Å². The number of rotatable bonds is 4. The van der Waals surface area contributed by atoms with E-state index in [4.69, 9.17) is 22.8 Å². The van der Waals surface area contributed by atoms with Gasteiger partial charge in [-0.2, -0.15) is 0 Å². The SMILES string of the molecule is C#Cc1cccc(C(=O)Nc2cc(Cl)cc(Oc3cncc(F)c3)c2)c1. The van der Waals surface area contributed by atoms with Crippen molar-refractivity contribution in [3.63, 3.8) is 0 Å². The number of nitrogens with zero attached hydrogens (tertiary/aromatic N) is 1. The van der Waals surface area contributed by atoms with E-state index in [1.165, 1.54) is 12.3 Å². The minimum atomic E-state index is -0.522. The zero-order chi connectivity index (χ0) is 18.5. The summed E-state index contributed by atoms with van der Waals surface area (Å²) in [6, 6.07) is 12.6. The Bertz CT molecular complexity index is 1010. The molecule has 128 valence electrons. The molecule has 3 rings (SSSR count). The van der Waals surface area contributed by atoms with Gasteiger partial charge in [0.05, 0.1) is 12.4 Å². The molecule has 0 aliphatic heterocycles. The van der Waals surface area contributed by atoms with Gasteiger partial charge in [-0.15, -0.1) is 6.42 Å². The van der Waals surface area contributed by atoms with Crippen LogP contribution < -0.4 is 10.1 Å². The highest BCUT2D eigenvalue weighted by atomic mass is 35.5. The number of terminal acetylenes is 1. The third-order valence-electron chi connectivity index (χ3n) is 3.34. The van der Waals surface area contributed by atoms with E-state index >= 15 is 0 Å². The second-order valence-electron chi connectivity index (χ2n) is 5.30. The van der Waals surface area contributed by atoms with Crippen molar-refractivity contribution in [3.05, 3.63) is 82.9 Å². The Morgan fingerprint density at radius 1 is 1.15 bits per heavy atom. The number of hydrogen-bond acceptors (Lipinski definition) is 3. The fourth-order valence-electron chi connectivity index (χ4n) is 2.23. The van der Waals surface area contributed by atoms with E-state index in [1.54, 1.807) is 42.5 Å². The standard InChI is InChI=1S/C20H12ClFN2O2/c1-2-13-4-3-5-14(6-13)20(25)24-17-7-15(21)8-18(10-17)26-19-9-16(22)11-23-12-19/h1,3-12H,(H,24,25). The van der Waals surface area contributed by atoms with Crippen LogP contribution >= 0.6 is 11.6 Å². The highest BCUT2D eigenvalue weighted by molar-refractivity contribution is 6.31. The van der Waals surface area contributed by atoms with Gasteiger partial charge in [0.25, 0.3) is 5.91 Å². The number of halogens is 2. The zero-order valence-electron chi connectivity index (χ0n) is 13.4. The average Bonchev–Trinajstić information content (AvgIpc) is 2.61. The number of carbonyl (C=O) groups is 1. The van der Waals surface area contributed by atoms with Crippen molar-refractivity contribution in [1.29, 1.82) is 0 Å². The van der Waals surface area contributed by atoms with Gasteiger partial charge in [-0.3, -0.25) is 9.78 Å². The lowest BCUT2D eigenvalue weighted by Crippen LogP contribution is -2.12. The van der Waals surface area contributed by atoms with Crippen LogP contribution in [-0.4, -0.2) is 10.9 Å². The molecule has 0 spiro atoms. The first kappa shape index (κ1) is 17.5. The number of carbonyl (C=O) groups excluding carboxylic acids is 1. The lowest BCUT2D eigenvalue weighted by atomic mass is 10.1. The predicted molar refractivity (Wildman–Crippen MR) is 98.1 cm³/mol. The second kappa shape index (κ2) is 7.68. The molecular weight excluding hydrogens is 355 g/mol. The van der Waals surface area contributed by atoms with Gasteiger partial charge >= 0.3 is 0 Å². The van der Waals surface area contributed by atoms with Crippen LogP contribution in [0, 0.1) is 18.2 Å². The first-order chi connectivity index (χ1) is 12.5. The van der Waals surface area contributed by atoms with Crippen LogP contribution in [0.25, 0.3) is 0 Å². The zero-order valence-corrected chi connectivity index (χ0v) is 14.1. The highest BCUT2D eigenvalue weighted by Gasteiger charge is 2.09. The Morgan fingerprint density at radius 3 is 2.77 bits per heavy atom. The molecule has 0 bridgehead atoms. The van der Waals surface area contributed by atoms with Crippen molar-refractivity contribution < 1.29 is 13.9 Å². The van der Waals surface area contributed by atoms with Crippen LogP contribution in [0.1, 0.15) is 15.9 Å². The van der Waals surface area contributed by atoms with Crippen molar-refractivity contribution in [1.82, 2.24) is 4.98 Å². The Hall–Kier alpha value is -3.36. The maximum absolute atomic E-state index is 13.2. The Labute approximate surface area is 154 Å². The number of amides is 1. The quantitative estimate of drug-likeness (QED) is 0.668. The summed E-state index contributed by atoms with van der Waals surface area (Å²) in [4.78, 5) is 16.1. The number of anilines is 1. The smallest absolute Gasteiger partial charge is 0.255 e. The first-order valence-electron chi connectivity index (χ1n) is 7.50. The van der Waals surface area contributed by atoms with E-state index in [-0.39, 0.29) is 11.7 Å². The molecule has 1 amide bonds. The van der Waals surface area contributed by atoms with Crippen LogP contribution in [0.5, 0.6) is 11.5 Å². The van der Waals surface area contributed by atoms with Gasteiger partial charge in [0.15, 0.2) is 0 Å². The summed E-state index contributed by atoms with van der Waals surface area (Å²) in [7, 11) is 0. The molecule has 1 aromatic heterocycles. The molecule has 1 heterocycles. The Kier molecular flexibility index (Phi) is 5.16. The number of aromatic nitrogens is 1. The van der Waals surface area contributed by atoms with Crippen molar-refractivity contribution in [3.8, 4) is 23.8 Å². The summed E-state index contributed by atoms with van der Waals surface area (Å²) in [6.45, 7) is 0. The first-order valence-corrected chi connectivity index (χ1v) is 7.88. The van der Waals surface area contributed by atoms with Gasteiger partial charge in [0, 0.05) is 34.0 Å². The summed E-state index contributed by atoms with van der Waals surface area (Å²) in [5.41, 5.74) is 1.44. The van der Waals surface area contributed by atoms with Gasteiger partial charge in [0.1, 0.15) is 17.3 Å². The topological polar surface area (TPSA) is 51.2 Å². The summed E-state index contributed by atoms with van der Waals surface area (Å²) < 4.78 is 18.8. The number of pyridine rings is 1. The molecule has 26 heavy (non-hydrogen) atoms. The van der Waals surface area contributed by atoms with Crippen molar-refractivity contribution in [2.75, 3.05) is 5.32 Å². The summed E-state index contributed by atoms with van der Waals surface area (Å²) >= 11 is 6.08. The molecule has 3 aromatic rings. The fourth-order valence-corrected chi connectivity index (χ4v) is 2.46. The second-order valence-corrected chi connectivity index (χ2v) is 5.73. The number of benzene rings is 2. The molecule has 0 aliphatic rings. The molecule has 0 unspecified atom stereocenters. The van der Waals surface area contributed by atoms with Crippen LogP contribution in [0.3, 0.4) is 0 Å². The molecule has 1 N–H and O–H groups in total. The van der Waals surface area contributed by atoms with E-state index in [2.05, 4.69) is 16.2 Å². The number of ether oxygens (including phenoxy) is 1. The molecule has 0 atom stereocenters. The van der Waals surface area contributed by atoms with E-state index < -0.39 is 5.82 Å². The fraction of sp³-hybridized carbons (Fsp3) is 0. The normalized spacial score (nSPS) is 10.0. The number of hydrogen-bond donors (Lipinski definition) is 1. The van der Waals surface area contributed by atoms with Gasteiger partial charge in [-0.1, -0.05) is 23.6 Å². The van der Waals surface area contributed by atoms with Gasteiger partial charge in [0.2, 0.25) is 0 Å². The van der Waals surface area contributed by atoms with Gasteiger partial charge in [-0.25, -0.2) is 4.39 Å². The lowest BCUT2D eigenvalue weighted by molar-refractivity contribution is 0.102. The molecule has 0 aliphatic carbocycles. The third-order valence-corrected chi connectivity index (χ3v) is 3.55. The molecule has 0 saturated heterocycles. The van der Waals surface area contributed by atoms with Crippen molar-refractivity contribution in [2.45, 2.75) is 0 Å². The summed E-state index contributed by atoms with van der Waals surface area (Å²) in [5.74, 6) is 2.16. The molecule has 4 nitrogen and oxygen atoms in total. The van der Waals surface area contributed by atoms with E-state index in [1.807, 2.05) is 0 Å². The highest BCUT2D eigenvalue weighted by Crippen LogP contribution is 2.28. The lowest BCUT2D eigenvalue weighted by Gasteiger charge is -2.10. The molecule has 0 fully saturated rings. The molecule has 6 heteroatoms.